The van der Waals surface area contributed by atoms with Crippen molar-refractivity contribution >= 4 is 24.0 Å². The second-order valence-electron chi connectivity index (χ2n) is 9.90. The molecule has 2 saturated heterocycles. The Balaban J connectivity index is 1.92. The number of carboxylic acids is 1. The predicted octanol–water partition coefficient (Wildman–Crippen LogP) is 1.98. The van der Waals surface area contributed by atoms with Gasteiger partial charge < -0.3 is 30.3 Å². The van der Waals surface area contributed by atoms with E-state index in [4.69, 9.17) is 10.5 Å². The molecule has 0 aliphatic carbocycles. The van der Waals surface area contributed by atoms with Gasteiger partial charge in [-0.3, -0.25) is 4.79 Å². The fourth-order valence-electron chi connectivity index (χ4n) is 4.80. The number of carbonyl (C=O) groups is 4. The van der Waals surface area contributed by atoms with Crippen molar-refractivity contribution in [2.75, 3.05) is 39.3 Å². The summed E-state index contributed by atoms with van der Waals surface area (Å²) in [5.74, 6) is -1.64. The zero-order chi connectivity index (χ0) is 26.4. The van der Waals surface area contributed by atoms with Crippen LogP contribution in [0.4, 0.5) is 9.59 Å². The second kappa shape index (κ2) is 12.1. The van der Waals surface area contributed by atoms with E-state index in [2.05, 4.69) is 6.58 Å². The fourth-order valence-corrected chi connectivity index (χ4v) is 4.80. The standard InChI is InChI=1S/C24H41N5O6/c1-7-26(17(6)25)10-8-9-18-19(22(31)32)29(21(18)30)23(33)27-11-13-28(14-12-27)24(34)35-20(15(2)3)16(4)5/h15-16,18-20H,6-14,25H2,1-5H3,(H,31,32). The first-order valence-electron chi connectivity index (χ1n) is 12.4. The van der Waals surface area contributed by atoms with Crippen LogP contribution < -0.4 is 5.73 Å². The molecule has 2 rings (SSSR count). The van der Waals surface area contributed by atoms with Crippen molar-refractivity contribution in [2.24, 2.45) is 23.5 Å². The van der Waals surface area contributed by atoms with Crippen LogP contribution in [0.3, 0.4) is 0 Å². The summed E-state index contributed by atoms with van der Waals surface area (Å²) in [6.07, 6.45) is 0.271. The lowest BCUT2D eigenvalue weighted by Gasteiger charge is -2.46. The second-order valence-corrected chi connectivity index (χ2v) is 9.90. The number of ether oxygens (including phenoxy) is 1. The van der Waals surface area contributed by atoms with Gasteiger partial charge in [0.1, 0.15) is 6.10 Å². The number of rotatable bonds is 10. The molecule has 2 unspecified atom stereocenters. The monoisotopic (exact) mass is 495 g/mol. The van der Waals surface area contributed by atoms with E-state index < -0.39 is 36.0 Å². The molecule has 4 amide bonds. The Hall–Kier alpha value is -2.98. The Kier molecular flexibility index (Phi) is 9.79. The molecule has 2 heterocycles. The number of amides is 4. The van der Waals surface area contributed by atoms with Gasteiger partial charge in [0, 0.05) is 39.3 Å². The predicted molar refractivity (Wildman–Crippen MR) is 130 cm³/mol. The number of piperazine rings is 1. The molecule has 11 heteroatoms. The van der Waals surface area contributed by atoms with Crippen molar-refractivity contribution in [3.8, 4) is 0 Å². The van der Waals surface area contributed by atoms with Gasteiger partial charge in [0.2, 0.25) is 5.91 Å². The Morgan fingerprint density at radius 3 is 2.11 bits per heavy atom. The van der Waals surface area contributed by atoms with Crippen molar-refractivity contribution in [1.82, 2.24) is 19.6 Å². The van der Waals surface area contributed by atoms with Gasteiger partial charge in [0.05, 0.1) is 11.7 Å². The molecule has 0 radical (unpaired) electrons. The first-order chi connectivity index (χ1) is 16.4. The van der Waals surface area contributed by atoms with E-state index in [1.54, 1.807) is 4.90 Å². The third-order valence-corrected chi connectivity index (χ3v) is 6.76. The number of urea groups is 1. The Morgan fingerprint density at radius 2 is 1.66 bits per heavy atom. The summed E-state index contributed by atoms with van der Waals surface area (Å²) in [5.41, 5.74) is 5.72. The molecule has 0 aromatic carbocycles. The molecule has 35 heavy (non-hydrogen) atoms. The van der Waals surface area contributed by atoms with E-state index in [0.29, 0.717) is 31.8 Å². The smallest absolute Gasteiger partial charge is 0.410 e. The molecule has 0 saturated carbocycles. The van der Waals surface area contributed by atoms with Crippen molar-refractivity contribution < 1.29 is 29.0 Å². The average Bonchev–Trinajstić information content (AvgIpc) is 2.79. The number of aliphatic carboxylic acids is 1. The molecule has 0 aromatic rings. The average molecular weight is 496 g/mol. The Labute approximate surface area is 207 Å². The summed E-state index contributed by atoms with van der Waals surface area (Å²) in [5, 5.41) is 9.69. The van der Waals surface area contributed by atoms with Crippen molar-refractivity contribution in [3.63, 3.8) is 0 Å². The van der Waals surface area contributed by atoms with Gasteiger partial charge in [-0.1, -0.05) is 34.3 Å². The third-order valence-electron chi connectivity index (χ3n) is 6.76. The molecular weight excluding hydrogens is 454 g/mol. The number of carbonyl (C=O) groups excluding carboxylic acids is 3. The van der Waals surface area contributed by atoms with Gasteiger partial charge >= 0.3 is 18.1 Å². The summed E-state index contributed by atoms with van der Waals surface area (Å²) in [6.45, 7) is 15.8. The van der Waals surface area contributed by atoms with Crippen LogP contribution in [0.15, 0.2) is 12.4 Å². The van der Waals surface area contributed by atoms with Crippen LogP contribution >= 0.6 is 0 Å². The minimum Gasteiger partial charge on any atom is -0.480 e. The van der Waals surface area contributed by atoms with Gasteiger partial charge in [-0.05, 0) is 31.6 Å². The zero-order valence-electron chi connectivity index (χ0n) is 21.6. The highest BCUT2D eigenvalue weighted by Gasteiger charge is 2.55. The van der Waals surface area contributed by atoms with Crippen LogP contribution in [-0.2, 0) is 14.3 Å². The summed E-state index contributed by atoms with van der Waals surface area (Å²) >= 11 is 0. The number of hydrogen-bond acceptors (Lipinski definition) is 7. The van der Waals surface area contributed by atoms with Gasteiger partial charge in [0.25, 0.3) is 0 Å². The third kappa shape index (κ3) is 6.58. The number of nitrogens with zero attached hydrogens (tertiary/aromatic N) is 4. The normalized spacial score (nSPS) is 20.3. The largest absolute Gasteiger partial charge is 0.480 e. The van der Waals surface area contributed by atoms with E-state index in [9.17, 15) is 24.3 Å². The van der Waals surface area contributed by atoms with Crippen LogP contribution in [0.2, 0.25) is 0 Å². The van der Waals surface area contributed by atoms with Crippen LogP contribution in [0, 0.1) is 17.8 Å². The lowest BCUT2D eigenvalue weighted by Crippen LogP contribution is -2.69. The molecule has 2 fully saturated rings. The minimum absolute atomic E-state index is 0.180. The Morgan fingerprint density at radius 1 is 1.11 bits per heavy atom. The first kappa shape index (κ1) is 28.3. The molecule has 0 aromatic heterocycles. The maximum Gasteiger partial charge on any atom is 0.410 e. The van der Waals surface area contributed by atoms with E-state index in [1.165, 1.54) is 4.90 Å². The molecule has 11 nitrogen and oxygen atoms in total. The fraction of sp³-hybridized carbons (Fsp3) is 0.750. The van der Waals surface area contributed by atoms with E-state index in [0.717, 1.165) is 4.90 Å². The Bertz CT molecular complexity index is 800. The number of β-lactam (4-membered cyclic amide) rings is 1. The number of nitrogens with two attached hydrogens (primary N) is 1. The lowest BCUT2D eigenvalue weighted by molar-refractivity contribution is -0.167. The molecule has 3 N–H and O–H groups in total. The van der Waals surface area contributed by atoms with Gasteiger partial charge in [0.15, 0.2) is 6.04 Å². The van der Waals surface area contributed by atoms with Crippen LogP contribution in [0.5, 0.6) is 0 Å². The first-order valence-corrected chi connectivity index (χ1v) is 12.4. The number of carboxylic acid groups (broad SMARTS) is 1. The van der Waals surface area contributed by atoms with Crippen LogP contribution in [0.1, 0.15) is 47.5 Å². The molecule has 198 valence electrons. The maximum absolute atomic E-state index is 13.0. The quantitative estimate of drug-likeness (QED) is 0.439. The van der Waals surface area contributed by atoms with E-state index in [-0.39, 0.29) is 44.1 Å². The van der Waals surface area contributed by atoms with Crippen molar-refractivity contribution in [2.45, 2.75) is 59.6 Å². The molecule has 0 bridgehead atoms. The minimum atomic E-state index is -1.20. The summed E-state index contributed by atoms with van der Waals surface area (Å²) in [7, 11) is 0. The molecular formula is C24H41N5O6. The summed E-state index contributed by atoms with van der Waals surface area (Å²) in [4.78, 5) is 55.8. The highest BCUT2D eigenvalue weighted by molar-refractivity contribution is 6.07. The van der Waals surface area contributed by atoms with Crippen molar-refractivity contribution in [1.29, 1.82) is 0 Å². The zero-order valence-corrected chi connectivity index (χ0v) is 21.6. The van der Waals surface area contributed by atoms with Gasteiger partial charge in [-0.2, -0.15) is 0 Å². The van der Waals surface area contributed by atoms with Crippen LogP contribution in [-0.4, -0.2) is 100 Å². The number of imide groups is 1. The van der Waals surface area contributed by atoms with E-state index >= 15 is 0 Å². The molecule has 2 aliphatic heterocycles. The SMILES string of the molecule is C=C(N)N(CC)CCCC1C(=O)N(C(=O)N2CCN(C(=O)OC(C(C)C)C(C)C)CC2)C1C(=O)O. The highest BCUT2D eigenvalue weighted by atomic mass is 16.6. The molecule has 0 spiro atoms. The van der Waals surface area contributed by atoms with Crippen LogP contribution in [0.25, 0.3) is 0 Å². The van der Waals surface area contributed by atoms with Gasteiger partial charge in [-0.25, -0.2) is 19.3 Å². The van der Waals surface area contributed by atoms with Crippen molar-refractivity contribution in [3.05, 3.63) is 12.4 Å². The topological polar surface area (TPSA) is 137 Å². The molecule has 2 atom stereocenters. The van der Waals surface area contributed by atoms with E-state index in [1.807, 2.05) is 39.5 Å². The highest BCUT2D eigenvalue weighted by Crippen LogP contribution is 2.32. The number of hydrogen-bond donors (Lipinski definition) is 2. The summed E-state index contributed by atoms with van der Waals surface area (Å²) in [6, 6.07) is -1.81. The summed E-state index contributed by atoms with van der Waals surface area (Å²) < 4.78 is 5.67. The number of likely N-dealkylation sites (tertiary alicyclic amines) is 1. The molecule has 2 aliphatic rings. The maximum atomic E-state index is 13.0. The lowest BCUT2D eigenvalue weighted by atomic mass is 9.83. The van der Waals surface area contributed by atoms with Gasteiger partial charge in [-0.15, -0.1) is 0 Å².